The summed E-state index contributed by atoms with van der Waals surface area (Å²) in [6.45, 7) is 0. The van der Waals surface area contributed by atoms with Gasteiger partial charge in [0.15, 0.2) is 28.1 Å². The van der Waals surface area contributed by atoms with Gasteiger partial charge in [-0.2, -0.15) is 0 Å². The molecule has 4 rings (SSSR count). The van der Waals surface area contributed by atoms with Crippen molar-refractivity contribution in [2.24, 2.45) is 0 Å². The number of fused-ring (bicyclic) bond motifs is 3. The normalized spacial score (nSPS) is 30.5. The van der Waals surface area contributed by atoms with Gasteiger partial charge in [-0.25, -0.2) is 0 Å². The number of alkyl halides is 1. The molecule has 98 valence electrons. The van der Waals surface area contributed by atoms with E-state index in [1.807, 2.05) is 0 Å². The Morgan fingerprint density at radius 2 is 1.63 bits per heavy atom. The predicted octanol–water partition coefficient (Wildman–Crippen LogP) is 4.45. The Balaban J connectivity index is 1.86. The van der Waals surface area contributed by atoms with Crippen LogP contribution < -0.4 is 9.47 Å². The van der Waals surface area contributed by atoms with E-state index in [9.17, 15) is 0 Å². The van der Waals surface area contributed by atoms with Gasteiger partial charge in [0, 0.05) is 18.2 Å². The van der Waals surface area contributed by atoms with Crippen LogP contribution in [0.15, 0.2) is 34.8 Å². The summed E-state index contributed by atoms with van der Waals surface area (Å²) in [6.07, 6.45) is 1.24. The zero-order valence-corrected chi connectivity index (χ0v) is 12.1. The number of rotatable bonds is 0. The molecule has 1 saturated heterocycles. The molecule has 2 heterocycles. The number of epoxide rings is 1. The third kappa shape index (κ3) is 1.70. The maximum atomic E-state index is 6.17. The van der Waals surface area contributed by atoms with Crippen LogP contribution in [0.1, 0.15) is 0 Å². The topological polar surface area (TPSA) is 31.0 Å². The van der Waals surface area contributed by atoms with Crippen molar-refractivity contribution in [3.05, 3.63) is 44.8 Å². The molecule has 2 unspecified atom stereocenters. The summed E-state index contributed by atoms with van der Waals surface area (Å²) >= 11 is 24.2. The quantitative estimate of drug-likeness (QED) is 0.517. The molecule has 1 aliphatic carbocycles. The minimum absolute atomic E-state index is 0.373. The van der Waals surface area contributed by atoms with Gasteiger partial charge < -0.3 is 14.2 Å². The van der Waals surface area contributed by atoms with E-state index < -0.39 is 5.06 Å². The van der Waals surface area contributed by atoms with Gasteiger partial charge in [0.1, 0.15) is 6.10 Å². The molecule has 2 aliphatic heterocycles. The fraction of sp³-hybridized carbons (Fsp3) is 0.167. The molecule has 0 aromatic heterocycles. The van der Waals surface area contributed by atoms with Crippen LogP contribution in [0.25, 0.3) is 0 Å². The van der Waals surface area contributed by atoms with E-state index in [0.717, 1.165) is 0 Å². The van der Waals surface area contributed by atoms with Gasteiger partial charge in [-0.05, 0) is 0 Å². The Bertz CT molecular complexity index is 682. The molecular weight excluding hydrogens is 334 g/mol. The Labute approximate surface area is 128 Å². The molecule has 0 saturated carbocycles. The van der Waals surface area contributed by atoms with Crippen molar-refractivity contribution in [3.8, 4) is 11.5 Å². The first-order valence-corrected chi connectivity index (χ1v) is 6.83. The molecule has 7 heteroatoms. The summed E-state index contributed by atoms with van der Waals surface area (Å²) in [5.41, 5.74) is 0. The van der Waals surface area contributed by atoms with E-state index in [1.54, 1.807) is 18.2 Å². The molecule has 0 bridgehead atoms. The third-order valence-electron chi connectivity index (χ3n) is 3.02. The Hall–Kier alpha value is -0.580. The van der Waals surface area contributed by atoms with Crippen LogP contribution in [0.3, 0.4) is 0 Å². The van der Waals surface area contributed by atoms with E-state index in [1.165, 1.54) is 0 Å². The average Bonchev–Trinajstić information content (AvgIpc) is 3.02. The molecule has 1 aromatic rings. The van der Waals surface area contributed by atoms with Crippen molar-refractivity contribution in [1.82, 2.24) is 0 Å². The average molecular weight is 338 g/mol. The summed E-state index contributed by atoms with van der Waals surface area (Å²) in [6, 6.07) is 3.15. The SMILES string of the molecule is ClC1=C2Oc3cc(Cl)c(Cl)cc3OC2=CC2(Cl)OC12. The van der Waals surface area contributed by atoms with Gasteiger partial charge in [0.05, 0.1) is 15.1 Å². The van der Waals surface area contributed by atoms with Gasteiger partial charge in [0.25, 0.3) is 0 Å². The van der Waals surface area contributed by atoms with Gasteiger partial charge >= 0.3 is 0 Å². The van der Waals surface area contributed by atoms with E-state index in [0.29, 0.717) is 38.1 Å². The number of halogens is 4. The Morgan fingerprint density at radius 1 is 1.00 bits per heavy atom. The highest BCUT2D eigenvalue weighted by Crippen LogP contribution is 2.55. The first kappa shape index (κ1) is 12.2. The molecular formula is C12H4Cl4O3. The second-order valence-corrected chi connectivity index (χ2v) is 6.11. The lowest BCUT2D eigenvalue weighted by Gasteiger charge is -2.25. The van der Waals surface area contributed by atoms with Gasteiger partial charge in [-0.15, -0.1) is 0 Å². The lowest BCUT2D eigenvalue weighted by Crippen LogP contribution is -2.21. The molecule has 1 aromatic carbocycles. The molecule has 2 atom stereocenters. The van der Waals surface area contributed by atoms with E-state index in [4.69, 9.17) is 60.6 Å². The minimum Gasteiger partial charge on any atom is -0.450 e. The van der Waals surface area contributed by atoms with Crippen LogP contribution in [0.4, 0.5) is 0 Å². The summed E-state index contributed by atoms with van der Waals surface area (Å²) < 4.78 is 16.7. The molecule has 0 spiro atoms. The molecule has 3 nitrogen and oxygen atoms in total. The van der Waals surface area contributed by atoms with Crippen LogP contribution in [0.5, 0.6) is 11.5 Å². The summed E-state index contributed by atoms with van der Waals surface area (Å²) in [5, 5.41) is 0.204. The molecule has 3 aliphatic rings. The van der Waals surface area contributed by atoms with Crippen molar-refractivity contribution in [1.29, 1.82) is 0 Å². The highest BCUT2D eigenvalue weighted by atomic mass is 35.5. The van der Waals surface area contributed by atoms with Crippen molar-refractivity contribution in [3.63, 3.8) is 0 Å². The van der Waals surface area contributed by atoms with Crippen molar-refractivity contribution in [2.75, 3.05) is 0 Å². The van der Waals surface area contributed by atoms with Crippen molar-refractivity contribution in [2.45, 2.75) is 11.2 Å². The first-order chi connectivity index (χ1) is 8.98. The van der Waals surface area contributed by atoms with Gasteiger partial charge in [0.2, 0.25) is 0 Å². The van der Waals surface area contributed by atoms with Gasteiger partial charge in [-0.3, -0.25) is 0 Å². The van der Waals surface area contributed by atoms with E-state index >= 15 is 0 Å². The maximum absolute atomic E-state index is 6.17. The van der Waals surface area contributed by atoms with Crippen molar-refractivity contribution >= 4 is 46.4 Å². The zero-order chi connectivity index (χ0) is 13.4. The lowest BCUT2D eigenvalue weighted by molar-refractivity contribution is 0.288. The zero-order valence-electron chi connectivity index (χ0n) is 9.05. The van der Waals surface area contributed by atoms with E-state index in [-0.39, 0.29) is 6.10 Å². The van der Waals surface area contributed by atoms with Crippen LogP contribution in [0.2, 0.25) is 10.0 Å². The van der Waals surface area contributed by atoms with Crippen LogP contribution >= 0.6 is 46.4 Å². The fourth-order valence-corrected chi connectivity index (χ4v) is 3.03. The maximum Gasteiger partial charge on any atom is 0.196 e. The number of hydrogen-bond acceptors (Lipinski definition) is 3. The molecule has 0 amide bonds. The second kappa shape index (κ2) is 3.74. The van der Waals surface area contributed by atoms with Crippen LogP contribution in [-0.2, 0) is 4.74 Å². The molecule has 19 heavy (non-hydrogen) atoms. The fourth-order valence-electron chi connectivity index (χ4n) is 2.04. The Kier molecular flexibility index (Phi) is 2.40. The summed E-state index contributed by atoms with van der Waals surface area (Å²) in [5.74, 6) is 1.71. The third-order valence-corrected chi connectivity index (χ3v) is 4.50. The Morgan fingerprint density at radius 3 is 2.32 bits per heavy atom. The number of ether oxygens (including phenoxy) is 3. The first-order valence-electron chi connectivity index (χ1n) is 5.32. The summed E-state index contributed by atoms with van der Waals surface area (Å²) in [4.78, 5) is 0. The van der Waals surface area contributed by atoms with Crippen LogP contribution in [0, 0.1) is 0 Å². The monoisotopic (exact) mass is 336 g/mol. The highest BCUT2D eigenvalue weighted by molar-refractivity contribution is 6.42. The molecule has 0 N–H and O–H groups in total. The van der Waals surface area contributed by atoms with Gasteiger partial charge in [-0.1, -0.05) is 46.4 Å². The highest BCUT2D eigenvalue weighted by Gasteiger charge is 2.60. The van der Waals surface area contributed by atoms with E-state index in [2.05, 4.69) is 0 Å². The second-order valence-electron chi connectivity index (χ2n) is 4.30. The molecule has 0 radical (unpaired) electrons. The number of benzene rings is 1. The standard InChI is InChI=1S/C12H4Cl4O3/c13-4-1-6-7(2-5(4)14)18-10-8(17-6)3-12(16)11(19-12)9(10)15/h1-3,11H. The smallest absolute Gasteiger partial charge is 0.196 e. The largest absolute Gasteiger partial charge is 0.450 e. The molecule has 1 fully saturated rings. The minimum atomic E-state index is -0.924. The summed E-state index contributed by atoms with van der Waals surface area (Å²) in [7, 11) is 0. The van der Waals surface area contributed by atoms with Crippen LogP contribution in [-0.4, -0.2) is 11.2 Å². The van der Waals surface area contributed by atoms with Crippen molar-refractivity contribution < 1.29 is 14.2 Å². The number of hydrogen-bond donors (Lipinski definition) is 0. The lowest BCUT2D eigenvalue weighted by atomic mass is 10.1. The predicted molar refractivity (Wildman–Crippen MR) is 72.1 cm³/mol.